The second-order valence-corrected chi connectivity index (χ2v) is 13.6. The number of para-hydroxylation sites is 1. The maximum Gasteiger partial charge on any atom is 2.00 e. The number of nitrogens with zero attached hydrogens (tertiary/aromatic N) is 9. The van der Waals surface area contributed by atoms with E-state index >= 15 is 0 Å². The topological polar surface area (TPSA) is 193 Å². The normalized spacial score (nSPS) is 11.6. The van der Waals surface area contributed by atoms with E-state index < -0.39 is 11.9 Å². The Labute approximate surface area is 344 Å². The number of fused-ring (bicyclic) bond motifs is 20. The fraction of sp³-hybridized carbons (Fsp3) is 0. The first-order valence-corrected chi connectivity index (χ1v) is 17.7. The van der Waals surface area contributed by atoms with Crippen LogP contribution in [0.15, 0.2) is 91.0 Å². The van der Waals surface area contributed by atoms with Crippen molar-refractivity contribution in [2.45, 2.75) is 0 Å². The van der Waals surface area contributed by atoms with Crippen LogP contribution >= 0.6 is 34.8 Å². The van der Waals surface area contributed by atoms with Crippen LogP contribution in [0.25, 0.3) is 84.0 Å². The van der Waals surface area contributed by atoms with E-state index in [1.54, 1.807) is 0 Å². The minimum atomic E-state index is -1.38. The molecule has 8 aromatic rings. The van der Waals surface area contributed by atoms with Crippen molar-refractivity contribution in [1.29, 1.82) is 0 Å². The molecule has 0 unspecified atom stereocenters. The second-order valence-electron chi connectivity index (χ2n) is 12.5. The summed E-state index contributed by atoms with van der Waals surface area (Å²) in [6.07, 6.45) is 0. The number of aromatic nitrogens is 9. The van der Waals surface area contributed by atoms with Gasteiger partial charge in [0.05, 0.1) is 44.0 Å². The van der Waals surface area contributed by atoms with Crippen molar-refractivity contribution in [1.82, 2.24) is 40.1 Å². The van der Waals surface area contributed by atoms with Crippen LogP contribution in [0.2, 0.25) is 15.1 Å². The molecule has 0 saturated carbocycles. The summed E-state index contributed by atoms with van der Waals surface area (Å²) in [4.78, 5) is 54.2. The van der Waals surface area contributed by atoms with Gasteiger partial charge < -0.3 is 39.9 Å². The molecule has 5 aromatic carbocycles. The molecule has 2 aliphatic rings. The van der Waals surface area contributed by atoms with E-state index in [0.29, 0.717) is 45.3 Å². The predicted octanol–water partition coefficient (Wildman–Crippen LogP) is 7.88. The molecule has 8 bridgehead atoms. The van der Waals surface area contributed by atoms with Crippen LogP contribution in [0, 0.1) is 0 Å². The summed E-state index contributed by atoms with van der Waals surface area (Å²) in [6, 6.07) is 25.6. The summed E-state index contributed by atoms with van der Waals surface area (Å²) in [5, 5.41) is 30.4. The third-order valence-electron chi connectivity index (χ3n) is 9.18. The largest absolute Gasteiger partial charge is 2.00 e. The van der Waals surface area contributed by atoms with Crippen molar-refractivity contribution in [3.8, 4) is 51.3 Å². The van der Waals surface area contributed by atoms with Gasteiger partial charge in [-0.2, -0.15) is 0 Å². The summed E-state index contributed by atoms with van der Waals surface area (Å²) in [5.41, 5.74) is 2.76. The van der Waals surface area contributed by atoms with Crippen molar-refractivity contribution in [2.24, 2.45) is 0 Å². The second kappa shape index (κ2) is 13.6. The Morgan fingerprint density at radius 2 is 1.11 bits per heavy atom. The number of aromatic carboxylic acids is 2. The number of hydrogen-bond donors (Lipinski definition) is 2. The Hall–Kier alpha value is -6.48. The van der Waals surface area contributed by atoms with Crippen LogP contribution in [0.3, 0.4) is 0 Å². The summed E-state index contributed by atoms with van der Waals surface area (Å²) < 4.78 is 6.04. The van der Waals surface area contributed by atoms with Gasteiger partial charge in [0.15, 0.2) is 11.6 Å². The molecule has 3 aromatic heterocycles. The van der Waals surface area contributed by atoms with E-state index in [-0.39, 0.29) is 82.7 Å². The zero-order valence-electron chi connectivity index (χ0n) is 28.2. The fourth-order valence-corrected chi connectivity index (χ4v) is 7.50. The fourth-order valence-electron chi connectivity index (χ4n) is 6.65. The first-order valence-electron chi connectivity index (χ1n) is 16.5. The van der Waals surface area contributed by atoms with Gasteiger partial charge >= 0.3 is 29.0 Å². The van der Waals surface area contributed by atoms with E-state index in [1.165, 1.54) is 4.80 Å². The molecule has 18 heteroatoms. The third kappa shape index (κ3) is 5.83. The minimum Gasteiger partial charge on any atom is -0.478 e. The van der Waals surface area contributed by atoms with Crippen molar-refractivity contribution in [3.05, 3.63) is 117 Å². The molecule has 0 aliphatic carbocycles. The zero-order valence-corrected chi connectivity index (χ0v) is 31.4. The van der Waals surface area contributed by atoms with Gasteiger partial charge in [-0.1, -0.05) is 101 Å². The Morgan fingerprint density at radius 3 is 1.74 bits per heavy atom. The molecule has 10 rings (SSSR count). The summed E-state index contributed by atoms with van der Waals surface area (Å²) >= 11 is 21.0. The van der Waals surface area contributed by atoms with Gasteiger partial charge in [-0.15, -0.1) is 0 Å². The SMILES string of the molecule is O=C(O)c1cc(Oc2c(Cl)c(Cl)c3c4nc5nc(nc6[n-]c(nc7n[n+](nc([n-]4)c3c2Cl)-c2ccccc2-7)c2ccccc62)-c2ccccc2-5)cc(C(=O)O)c1.[Cu+2]. The Morgan fingerprint density at radius 1 is 0.579 bits per heavy atom. The van der Waals surface area contributed by atoms with Crippen LogP contribution < -0.4 is 19.5 Å². The van der Waals surface area contributed by atoms with Crippen molar-refractivity contribution in [2.75, 3.05) is 0 Å². The van der Waals surface area contributed by atoms with Crippen LogP contribution in [0.5, 0.6) is 11.5 Å². The molecule has 1 radical (unpaired) electrons. The first kappa shape index (κ1) is 36.2. The van der Waals surface area contributed by atoms with Gasteiger partial charge in [0.2, 0.25) is 0 Å². The van der Waals surface area contributed by atoms with Crippen molar-refractivity contribution >= 4 is 90.9 Å². The molecule has 5 heterocycles. The summed E-state index contributed by atoms with van der Waals surface area (Å²) in [6.45, 7) is 0. The Kier molecular flexibility index (Phi) is 8.64. The number of carbonyl (C=O) groups is 2. The molecule has 0 spiro atoms. The molecule has 0 atom stereocenters. The molecule has 0 fully saturated rings. The Bertz CT molecular complexity index is 3230. The summed E-state index contributed by atoms with van der Waals surface area (Å²) in [7, 11) is 0. The van der Waals surface area contributed by atoms with Gasteiger partial charge in [0, 0.05) is 54.8 Å². The van der Waals surface area contributed by atoms with Crippen LogP contribution in [-0.2, 0) is 17.1 Å². The van der Waals surface area contributed by atoms with Gasteiger partial charge in [0.25, 0.3) is 5.69 Å². The first-order chi connectivity index (χ1) is 27.1. The van der Waals surface area contributed by atoms with Gasteiger partial charge in [0.1, 0.15) is 10.8 Å². The predicted molar refractivity (Wildman–Crippen MR) is 206 cm³/mol. The molecule has 14 nitrogen and oxygen atoms in total. The van der Waals surface area contributed by atoms with Gasteiger partial charge in [-0.25, -0.2) is 14.6 Å². The Balaban J connectivity index is 0.00000422. The smallest absolute Gasteiger partial charge is 0.478 e. The number of benzene rings is 5. The minimum absolute atomic E-state index is 0. The molecular formula is C39H17Cl3CuN9O5+. The van der Waals surface area contributed by atoms with Crippen molar-refractivity contribution in [3.63, 3.8) is 0 Å². The molecule has 0 amide bonds. The van der Waals surface area contributed by atoms with E-state index in [0.717, 1.165) is 29.0 Å². The summed E-state index contributed by atoms with van der Waals surface area (Å²) in [5.74, 6) is -2.21. The van der Waals surface area contributed by atoms with Crippen LogP contribution in [-0.4, -0.2) is 52.3 Å². The van der Waals surface area contributed by atoms with E-state index in [2.05, 4.69) is 0 Å². The standard InChI is InChI=1S/C39H18Cl3N9O5.Cu/c40-27-25-26(28(41)30(29(27)42)56-18-14-16(38(52)53)13-17(15-18)39(54)55)37-48-36(25)47-34-22-10-4-2-8-20(22)32(45-34)43-31-19-7-1-3-9-21(19)33(44-31)46-35-23-11-5-6-12-24(23)51(49-35)50-37;/h1-15H,(H3,43,44,45,46,47,48,49,50,52,53,54,55);/q;+2/p-1. The molecule has 0 saturated heterocycles. The molecule has 57 heavy (non-hydrogen) atoms. The molecule has 279 valence electrons. The number of carboxylic acids is 2. The van der Waals surface area contributed by atoms with Crippen LogP contribution in [0.1, 0.15) is 20.7 Å². The van der Waals surface area contributed by atoms with E-state index in [4.69, 9.17) is 79.6 Å². The molecule has 2 aliphatic heterocycles. The van der Waals surface area contributed by atoms with E-state index in [1.807, 2.05) is 72.8 Å². The number of halogens is 3. The monoisotopic (exact) mass is 859 g/mol. The number of hydrogen-bond acceptors (Lipinski definition) is 9. The quantitative estimate of drug-likeness (QED) is 0.0987. The number of rotatable bonds is 4. The number of carboxylic acid groups (broad SMARTS) is 2. The zero-order chi connectivity index (χ0) is 38.4. The van der Waals surface area contributed by atoms with Gasteiger partial charge in [-0.05, 0) is 35.0 Å². The average Bonchev–Trinajstić information content (AvgIpc) is 3.94. The van der Waals surface area contributed by atoms with Gasteiger partial charge in [-0.3, -0.25) is 0 Å². The molecule has 2 N–H and O–H groups in total. The van der Waals surface area contributed by atoms with E-state index in [9.17, 15) is 19.8 Å². The maximum absolute atomic E-state index is 11.9. The van der Waals surface area contributed by atoms with Crippen LogP contribution in [0.4, 0.5) is 0 Å². The average molecular weight is 862 g/mol. The maximum atomic E-state index is 11.9. The van der Waals surface area contributed by atoms with Crippen molar-refractivity contribution < 1.29 is 46.4 Å². The number of ether oxygens (including phenoxy) is 1. The third-order valence-corrected chi connectivity index (χ3v) is 10.4. The molecular weight excluding hydrogens is 844 g/mol.